The molecule has 3 fully saturated rings. The van der Waals surface area contributed by atoms with Crippen molar-refractivity contribution < 1.29 is 14.6 Å². The average Bonchev–Trinajstić information content (AvgIpc) is 2.78. The lowest BCUT2D eigenvalue weighted by atomic mass is 9.72. The summed E-state index contributed by atoms with van der Waals surface area (Å²) in [7, 11) is 1.67. The number of piperidine rings is 3. The van der Waals surface area contributed by atoms with E-state index in [4.69, 9.17) is 9.47 Å². The molecule has 29 heavy (non-hydrogen) atoms. The molecule has 3 aliphatic rings. The highest BCUT2D eigenvalue weighted by molar-refractivity contribution is 5.84. The summed E-state index contributed by atoms with van der Waals surface area (Å²) in [6, 6.07) is 7.97. The van der Waals surface area contributed by atoms with Gasteiger partial charge < -0.3 is 14.6 Å². The van der Waals surface area contributed by atoms with E-state index < -0.39 is 6.10 Å². The first-order valence-corrected chi connectivity index (χ1v) is 11.2. The minimum absolute atomic E-state index is 0.164. The zero-order chi connectivity index (χ0) is 20.4. The predicted octanol–water partition coefficient (Wildman–Crippen LogP) is 4.58. The standard InChI is InChI=1S/C24H34N2O3/c1-4-6-11-29-23-14-20(19-13-18(28-3)7-8-21(19)25-23)24(27)22-12-17-9-10-26(22)15-16(17)5-2/h7-8,13-14,16-17,22,24,27H,4-6,9-12,15H2,1-3H3/t16-,17-,22-,24+/m0/s1. The van der Waals surface area contributed by atoms with Gasteiger partial charge in [-0.15, -0.1) is 0 Å². The topological polar surface area (TPSA) is 54.8 Å². The van der Waals surface area contributed by atoms with Crippen molar-refractivity contribution in [3.05, 3.63) is 29.8 Å². The van der Waals surface area contributed by atoms with E-state index in [1.54, 1.807) is 7.11 Å². The molecule has 0 radical (unpaired) electrons. The first-order chi connectivity index (χ1) is 14.1. The van der Waals surface area contributed by atoms with Crippen LogP contribution in [0.5, 0.6) is 11.6 Å². The van der Waals surface area contributed by atoms with Crippen molar-refractivity contribution in [2.75, 3.05) is 26.8 Å². The van der Waals surface area contributed by atoms with Crippen LogP contribution in [-0.2, 0) is 0 Å². The number of hydrogen-bond donors (Lipinski definition) is 1. The number of hydrogen-bond acceptors (Lipinski definition) is 5. The summed E-state index contributed by atoms with van der Waals surface area (Å²) in [6.45, 7) is 7.29. The molecule has 5 heteroatoms. The molecule has 0 amide bonds. The summed E-state index contributed by atoms with van der Waals surface area (Å²) in [6.07, 6.45) is 5.09. The Morgan fingerprint density at radius 2 is 2.14 bits per heavy atom. The van der Waals surface area contributed by atoms with Crippen LogP contribution < -0.4 is 9.47 Å². The molecule has 2 bridgehead atoms. The van der Waals surface area contributed by atoms with Crippen LogP contribution in [0, 0.1) is 11.8 Å². The van der Waals surface area contributed by atoms with Crippen LogP contribution >= 0.6 is 0 Å². The van der Waals surface area contributed by atoms with Gasteiger partial charge in [0, 0.05) is 24.0 Å². The second-order valence-electron chi connectivity index (χ2n) is 8.59. The molecule has 0 spiro atoms. The molecule has 1 aromatic heterocycles. The molecule has 4 heterocycles. The van der Waals surface area contributed by atoms with Crippen molar-refractivity contribution in [2.24, 2.45) is 11.8 Å². The summed E-state index contributed by atoms with van der Waals surface area (Å²) in [4.78, 5) is 7.18. The van der Waals surface area contributed by atoms with Gasteiger partial charge in [-0.25, -0.2) is 4.98 Å². The van der Waals surface area contributed by atoms with E-state index in [2.05, 4.69) is 23.7 Å². The smallest absolute Gasteiger partial charge is 0.214 e. The lowest BCUT2D eigenvalue weighted by Gasteiger charge is -2.51. The van der Waals surface area contributed by atoms with Gasteiger partial charge in [0.05, 0.1) is 25.3 Å². The molecule has 3 aliphatic heterocycles. The Kier molecular flexibility index (Phi) is 6.26. The van der Waals surface area contributed by atoms with Gasteiger partial charge in [0.2, 0.25) is 5.88 Å². The van der Waals surface area contributed by atoms with Crippen LogP contribution in [0.4, 0.5) is 0 Å². The third kappa shape index (κ3) is 4.08. The van der Waals surface area contributed by atoms with Crippen LogP contribution in [0.3, 0.4) is 0 Å². The fraction of sp³-hybridized carbons (Fsp3) is 0.625. The Balaban J connectivity index is 1.68. The number of aliphatic hydroxyl groups is 1. The monoisotopic (exact) mass is 398 g/mol. The minimum atomic E-state index is -0.554. The summed E-state index contributed by atoms with van der Waals surface area (Å²) in [5.74, 6) is 2.89. The molecule has 5 nitrogen and oxygen atoms in total. The molecule has 1 aromatic carbocycles. The summed E-state index contributed by atoms with van der Waals surface area (Å²) < 4.78 is 11.4. The Labute approximate surface area is 174 Å². The molecule has 0 saturated carbocycles. The second kappa shape index (κ2) is 8.88. The predicted molar refractivity (Wildman–Crippen MR) is 116 cm³/mol. The highest BCUT2D eigenvalue weighted by atomic mass is 16.5. The minimum Gasteiger partial charge on any atom is -0.497 e. The number of methoxy groups -OCH3 is 1. The summed E-state index contributed by atoms with van der Waals surface area (Å²) in [5, 5.41) is 12.5. The normalized spacial score (nSPS) is 27.2. The SMILES string of the molecule is CCCCOc1cc([C@@H](O)[C@@H]2C[C@@H]3CCN2C[C@@H]3CC)c2cc(OC)ccc2n1. The highest BCUT2D eigenvalue weighted by Gasteiger charge is 2.42. The Morgan fingerprint density at radius 1 is 1.28 bits per heavy atom. The van der Waals surface area contributed by atoms with Crippen molar-refractivity contribution in [1.29, 1.82) is 0 Å². The van der Waals surface area contributed by atoms with Crippen molar-refractivity contribution in [3.63, 3.8) is 0 Å². The van der Waals surface area contributed by atoms with Crippen molar-refractivity contribution in [3.8, 4) is 11.6 Å². The van der Waals surface area contributed by atoms with Gasteiger partial charge in [-0.3, -0.25) is 4.90 Å². The maximum atomic E-state index is 11.5. The van der Waals surface area contributed by atoms with E-state index in [1.807, 2.05) is 24.3 Å². The number of rotatable bonds is 8. The van der Waals surface area contributed by atoms with Gasteiger partial charge in [-0.1, -0.05) is 26.7 Å². The number of ether oxygens (including phenoxy) is 2. The molecule has 3 saturated heterocycles. The average molecular weight is 399 g/mol. The number of aliphatic hydroxyl groups excluding tert-OH is 1. The maximum Gasteiger partial charge on any atom is 0.214 e. The van der Waals surface area contributed by atoms with Crippen LogP contribution in [0.15, 0.2) is 24.3 Å². The van der Waals surface area contributed by atoms with Gasteiger partial charge in [-0.05, 0) is 61.4 Å². The van der Waals surface area contributed by atoms with Gasteiger partial charge in [0.15, 0.2) is 0 Å². The molecule has 1 N–H and O–H groups in total. The molecule has 0 aliphatic carbocycles. The summed E-state index contributed by atoms with van der Waals surface area (Å²) >= 11 is 0. The first kappa shape index (κ1) is 20.4. The number of aromatic nitrogens is 1. The maximum absolute atomic E-state index is 11.5. The van der Waals surface area contributed by atoms with Crippen LogP contribution in [-0.4, -0.2) is 47.8 Å². The lowest BCUT2D eigenvalue weighted by molar-refractivity contribution is -0.0562. The van der Waals surface area contributed by atoms with E-state index in [9.17, 15) is 5.11 Å². The first-order valence-electron chi connectivity index (χ1n) is 11.2. The zero-order valence-corrected chi connectivity index (χ0v) is 17.9. The van der Waals surface area contributed by atoms with Crippen molar-refractivity contribution in [1.82, 2.24) is 9.88 Å². The quantitative estimate of drug-likeness (QED) is 0.660. The molecule has 5 atom stereocenters. The Bertz CT molecular complexity index is 840. The number of unbranched alkanes of at least 4 members (excludes halogenated alkanes) is 1. The highest BCUT2D eigenvalue weighted by Crippen LogP contribution is 2.43. The molecular weight excluding hydrogens is 364 g/mol. The van der Waals surface area contributed by atoms with Crippen LogP contribution in [0.25, 0.3) is 10.9 Å². The van der Waals surface area contributed by atoms with E-state index in [0.717, 1.165) is 66.4 Å². The molecule has 2 aromatic rings. The Hall–Kier alpha value is -1.85. The van der Waals surface area contributed by atoms with E-state index in [-0.39, 0.29) is 6.04 Å². The van der Waals surface area contributed by atoms with Crippen LogP contribution in [0.1, 0.15) is 57.6 Å². The molecule has 5 rings (SSSR count). The third-order valence-electron chi connectivity index (χ3n) is 6.92. The zero-order valence-electron chi connectivity index (χ0n) is 17.9. The number of nitrogens with zero attached hydrogens (tertiary/aromatic N) is 2. The number of pyridine rings is 1. The number of benzene rings is 1. The largest absolute Gasteiger partial charge is 0.497 e. The van der Waals surface area contributed by atoms with E-state index >= 15 is 0 Å². The molecular formula is C24H34N2O3. The number of fused-ring (bicyclic) bond motifs is 4. The second-order valence-corrected chi connectivity index (χ2v) is 8.59. The van der Waals surface area contributed by atoms with E-state index in [1.165, 1.54) is 12.8 Å². The summed E-state index contributed by atoms with van der Waals surface area (Å²) in [5.41, 5.74) is 1.75. The lowest BCUT2D eigenvalue weighted by Crippen LogP contribution is -2.55. The fourth-order valence-corrected chi connectivity index (χ4v) is 5.15. The van der Waals surface area contributed by atoms with Gasteiger partial charge in [-0.2, -0.15) is 0 Å². The Morgan fingerprint density at radius 3 is 2.83 bits per heavy atom. The van der Waals surface area contributed by atoms with Gasteiger partial charge >= 0.3 is 0 Å². The van der Waals surface area contributed by atoms with Crippen molar-refractivity contribution >= 4 is 10.9 Å². The van der Waals surface area contributed by atoms with Crippen molar-refractivity contribution in [2.45, 2.75) is 58.1 Å². The van der Waals surface area contributed by atoms with E-state index in [0.29, 0.717) is 12.5 Å². The molecule has 158 valence electrons. The third-order valence-corrected chi connectivity index (χ3v) is 6.92. The van der Waals surface area contributed by atoms with Gasteiger partial charge in [0.1, 0.15) is 5.75 Å². The van der Waals surface area contributed by atoms with Crippen LogP contribution in [0.2, 0.25) is 0 Å². The van der Waals surface area contributed by atoms with Gasteiger partial charge in [0.25, 0.3) is 0 Å². The fourth-order valence-electron chi connectivity index (χ4n) is 5.15. The molecule has 1 unspecified atom stereocenters.